The molecule has 0 aliphatic rings. The number of hydrogen-bond donors (Lipinski definition) is 1. The summed E-state index contributed by atoms with van der Waals surface area (Å²) in [6.07, 6.45) is -0.249. The van der Waals surface area contributed by atoms with Crippen LogP contribution in [0.25, 0.3) is 0 Å². The number of alkyl carbamates (subject to hydrolysis) is 1. The molecule has 0 saturated heterocycles. The van der Waals surface area contributed by atoms with E-state index in [1.165, 1.54) is 0 Å². The molecule has 126 valence electrons. The third kappa shape index (κ3) is 5.54. The molecule has 0 aliphatic heterocycles. The van der Waals surface area contributed by atoms with E-state index in [2.05, 4.69) is 5.32 Å². The van der Waals surface area contributed by atoms with Crippen LogP contribution in [0.1, 0.15) is 36.2 Å². The first-order chi connectivity index (χ1) is 11.6. The fourth-order valence-electron chi connectivity index (χ4n) is 2.31. The van der Waals surface area contributed by atoms with Crippen LogP contribution in [0, 0.1) is 5.92 Å². The highest BCUT2D eigenvalue weighted by molar-refractivity contribution is 5.96. The predicted octanol–water partition coefficient (Wildman–Crippen LogP) is 4.21. The smallest absolute Gasteiger partial charge is 0.407 e. The highest BCUT2D eigenvalue weighted by Gasteiger charge is 2.21. The largest absolute Gasteiger partial charge is 0.445 e. The van der Waals surface area contributed by atoms with Crippen molar-refractivity contribution in [2.24, 2.45) is 5.92 Å². The van der Waals surface area contributed by atoms with Crippen LogP contribution in [0.5, 0.6) is 0 Å². The lowest BCUT2D eigenvalue weighted by Crippen LogP contribution is -2.40. The average Bonchev–Trinajstić information content (AvgIpc) is 2.61. The SMILES string of the molecule is CC(C)[C@@H](CC(=O)c1ccccc1)NC(=O)OCc1ccccc1. The maximum Gasteiger partial charge on any atom is 0.407 e. The van der Waals surface area contributed by atoms with E-state index in [-0.39, 0.29) is 30.8 Å². The lowest BCUT2D eigenvalue weighted by molar-refractivity contribution is 0.0951. The van der Waals surface area contributed by atoms with Gasteiger partial charge in [-0.1, -0.05) is 74.5 Å². The first-order valence-electron chi connectivity index (χ1n) is 8.11. The number of ketones is 1. The fraction of sp³-hybridized carbons (Fsp3) is 0.300. The number of benzene rings is 2. The molecule has 0 bridgehead atoms. The zero-order chi connectivity index (χ0) is 17.4. The lowest BCUT2D eigenvalue weighted by Gasteiger charge is -2.21. The summed E-state index contributed by atoms with van der Waals surface area (Å²) in [6, 6.07) is 18.3. The molecule has 4 nitrogen and oxygen atoms in total. The van der Waals surface area contributed by atoms with Crippen LogP contribution < -0.4 is 5.32 Å². The zero-order valence-electron chi connectivity index (χ0n) is 14.1. The summed E-state index contributed by atoms with van der Waals surface area (Å²) in [4.78, 5) is 24.3. The Labute approximate surface area is 142 Å². The summed E-state index contributed by atoms with van der Waals surface area (Å²) in [6.45, 7) is 4.16. The van der Waals surface area contributed by atoms with Gasteiger partial charge in [0, 0.05) is 18.0 Å². The molecule has 0 aromatic heterocycles. The maximum absolute atomic E-state index is 12.3. The Kier molecular flexibility index (Phi) is 6.55. The molecule has 0 aliphatic carbocycles. The summed E-state index contributed by atoms with van der Waals surface area (Å²) < 4.78 is 5.23. The number of hydrogen-bond acceptors (Lipinski definition) is 3. The standard InChI is InChI=1S/C20H23NO3/c1-15(2)18(13-19(22)17-11-7-4-8-12-17)21-20(23)24-14-16-9-5-3-6-10-16/h3-12,15,18H,13-14H2,1-2H3,(H,21,23)/t18-/m1/s1. The number of ether oxygens (including phenoxy) is 1. The molecule has 0 saturated carbocycles. The van der Waals surface area contributed by atoms with Gasteiger partial charge in [0.2, 0.25) is 0 Å². The third-order valence-electron chi connectivity index (χ3n) is 3.82. The van der Waals surface area contributed by atoms with E-state index in [4.69, 9.17) is 4.74 Å². The molecule has 2 aromatic rings. The van der Waals surface area contributed by atoms with Crippen molar-refractivity contribution in [1.82, 2.24) is 5.32 Å². The second-order valence-electron chi connectivity index (χ2n) is 6.05. The molecule has 0 radical (unpaired) electrons. The van der Waals surface area contributed by atoms with Crippen LogP contribution in [0.4, 0.5) is 4.79 Å². The summed E-state index contributed by atoms with van der Waals surface area (Å²) in [5.41, 5.74) is 1.58. The van der Waals surface area contributed by atoms with Crippen LogP contribution in [-0.4, -0.2) is 17.9 Å². The molecule has 1 atom stereocenters. The fourth-order valence-corrected chi connectivity index (χ4v) is 2.31. The Bertz CT molecular complexity index is 653. The molecule has 4 heteroatoms. The maximum atomic E-state index is 12.3. The van der Waals surface area contributed by atoms with Gasteiger partial charge in [0.25, 0.3) is 0 Å². The molecule has 0 fully saturated rings. The van der Waals surface area contributed by atoms with Crippen molar-refractivity contribution in [1.29, 1.82) is 0 Å². The van der Waals surface area contributed by atoms with Crippen molar-refractivity contribution in [3.05, 3.63) is 71.8 Å². The van der Waals surface area contributed by atoms with E-state index >= 15 is 0 Å². The van der Waals surface area contributed by atoms with Crippen molar-refractivity contribution < 1.29 is 14.3 Å². The molecular weight excluding hydrogens is 302 g/mol. The zero-order valence-corrected chi connectivity index (χ0v) is 14.1. The van der Waals surface area contributed by atoms with Crippen LogP contribution in [0.15, 0.2) is 60.7 Å². The number of carbonyl (C=O) groups is 2. The van der Waals surface area contributed by atoms with Crippen molar-refractivity contribution >= 4 is 11.9 Å². The van der Waals surface area contributed by atoms with Gasteiger partial charge in [0.1, 0.15) is 6.61 Å². The van der Waals surface area contributed by atoms with Gasteiger partial charge in [0.15, 0.2) is 5.78 Å². The topological polar surface area (TPSA) is 55.4 Å². The van der Waals surface area contributed by atoms with Gasteiger partial charge in [-0.25, -0.2) is 4.79 Å². The van der Waals surface area contributed by atoms with Gasteiger partial charge in [-0.2, -0.15) is 0 Å². The highest BCUT2D eigenvalue weighted by atomic mass is 16.5. The van der Waals surface area contributed by atoms with Crippen molar-refractivity contribution in [3.8, 4) is 0 Å². The molecule has 2 aromatic carbocycles. The second-order valence-corrected chi connectivity index (χ2v) is 6.05. The van der Waals surface area contributed by atoms with Crippen LogP contribution >= 0.6 is 0 Å². The summed E-state index contributed by atoms with van der Waals surface area (Å²) in [5, 5.41) is 2.81. The molecular formula is C20H23NO3. The number of amides is 1. The van der Waals surface area contributed by atoms with E-state index in [9.17, 15) is 9.59 Å². The Morgan fingerprint density at radius 1 is 0.958 bits per heavy atom. The van der Waals surface area contributed by atoms with Crippen molar-refractivity contribution in [3.63, 3.8) is 0 Å². The monoisotopic (exact) mass is 325 g/mol. The van der Waals surface area contributed by atoms with E-state index in [1.807, 2.05) is 62.4 Å². The molecule has 0 heterocycles. The van der Waals surface area contributed by atoms with E-state index in [0.717, 1.165) is 5.56 Å². The average molecular weight is 325 g/mol. The number of nitrogens with one attached hydrogen (secondary N) is 1. The lowest BCUT2D eigenvalue weighted by atomic mass is 9.96. The Morgan fingerprint density at radius 3 is 2.12 bits per heavy atom. The van der Waals surface area contributed by atoms with Crippen LogP contribution in [0.3, 0.4) is 0 Å². The van der Waals surface area contributed by atoms with Crippen molar-refractivity contribution in [2.75, 3.05) is 0 Å². The van der Waals surface area contributed by atoms with Crippen LogP contribution in [0.2, 0.25) is 0 Å². The van der Waals surface area contributed by atoms with Gasteiger partial charge in [0.05, 0.1) is 0 Å². The number of rotatable bonds is 7. The van der Waals surface area contributed by atoms with E-state index in [1.54, 1.807) is 12.1 Å². The van der Waals surface area contributed by atoms with Gasteiger partial charge in [-0.15, -0.1) is 0 Å². The molecule has 24 heavy (non-hydrogen) atoms. The highest BCUT2D eigenvalue weighted by Crippen LogP contribution is 2.12. The Hall–Kier alpha value is -2.62. The quantitative estimate of drug-likeness (QED) is 0.776. The molecule has 2 rings (SSSR count). The Morgan fingerprint density at radius 2 is 1.54 bits per heavy atom. The molecule has 1 N–H and O–H groups in total. The minimum atomic E-state index is -0.501. The van der Waals surface area contributed by atoms with Gasteiger partial charge < -0.3 is 10.1 Å². The number of Topliss-reactive ketones (excluding diaryl/α,β-unsaturated/α-hetero) is 1. The molecule has 0 spiro atoms. The summed E-state index contributed by atoms with van der Waals surface area (Å²) >= 11 is 0. The minimum absolute atomic E-state index is 0.0117. The number of carbonyl (C=O) groups excluding carboxylic acids is 2. The first kappa shape index (κ1) is 17.7. The van der Waals surface area contributed by atoms with Crippen molar-refractivity contribution in [2.45, 2.75) is 32.9 Å². The third-order valence-corrected chi connectivity index (χ3v) is 3.82. The van der Waals surface area contributed by atoms with E-state index < -0.39 is 6.09 Å². The Balaban J connectivity index is 1.88. The molecule has 1 amide bonds. The van der Waals surface area contributed by atoms with Crippen LogP contribution in [-0.2, 0) is 11.3 Å². The first-order valence-corrected chi connectivity index (χ1v) is 8.11. The van der Waals surface area contributed by atoms with Gasteiger partial charge in [-0.05, 0) is 11.5 Å². The second kappa shape index (κ2) is 8.87. The van der Waals surface area contributed by atoms with Gasteiger partial charge >= 0.3 is 6.09 Å². The van der Waals surface area contributed by atoms with Gasteiger partial charge in [-0.3, -0.25) is 4.79 Å². The normalized spacial score (nSPS) is 11.8. The summed E-state index contributed by atoms with van der Waals surface area (Å²) in [7, 11) is 0. The molecule has 0 unspecified atom stereocenters. The summed E-state index contributed by atoms with van der Waals surface area (Å²) in [5.74, 6) is 0.139. The van der Waals surface area contributed by atoms with E-state index in [0.29, 0.717) is 5.56 Å². The minimum Gasteiger partial charge on any atom is -0.445 e. The predicted molar refractivity (Wildman–Crippen MR) is 93.8 cm³/mol.